The van der Waals surface area contributed by atoms with Crippen LogP contribution >= 0.6 is 0 Å². The van der Waals surface area contributed by atoms with Crippen molar-refractivity contribution in [2.75, 3.05) is 9.80 Å². The van der Waals surface area contributed by atoms with Gasteiger partial charge in [-0.3, -0.25) is 0 Å². The number of nitrogens with zero attached hydrogens (tertiary/aromatic N) is 3. The van der Waals surface area contributed by atoms with E-state index >= 15 is 0 Å². The summed E-state index contributed by atoms with van der Waals surface area (Å²) in [6.45, 7) is 26.8. The van der Waals surface area contributed by atoms with Crippen LogP contribution in [-0.4, -0.2) is 11.3 Å². The fourth-order valence-electron chi connectivity index (χ4n) is 15.6. The van der Waals surface area contributed by atoms with Gasteiger partial charge in [0.2, 0.25) is 0 Å². The quantitative estimate of drug-likeness (QED) is 0.149. The highest BCUT2D eigenvalue weighted by Crippen LogP contribution is 2.53. The molecule has 0 unspecified atom stereocenters. The Labute approximate surface area is 597 Å². The smallest absolute Gasteiger partial charge is 0.252 e. The molecule has 2 aliphatic heterocycles. The van der Waals surface area contributed by atoms with Crippen LogP contribution in [0.2, 0.25) is 0 Å². The monoisotopic (exact) mass is 1300 g/mol. The first-order valence-corrected chi connectivity index (χ1v) is 34.8. The highest BCUT2D eigenvalue weighted by Gasteiger charge is 2.46. The molecule has 0 amide bonds. The van der Waals surface area contributed by atoms with E-state index in [1.807, 2.05) is 72.8 Å². The first-order chi connectivity index (χ1) is 51.4. The number of para-hydroxylation sites is 4. The van der Waals surface area contributed by atoms with Crippen molar-refractivity contribution in [2.24, 2.45) is 0 Å². The molecule has 0 bridgehead atoms. The second-order valence-electron chi connectivity index (χ2n) is 31.6. The first kappa shape index (κ1) is 53.0. The Morgan fingerprint density at radius 1 is 0.300 bits per heavy atom. The molecule has 0 spiro atoms. The Bertz CT molecular complexity index is 6400. The van der Waals surface area contributed by atoms with Crippen molar-refractivity contribution >= 4 is 123 Å². The van der Waals surface area contributed by atoms with Crippen molar-refractivity contribution in [1.29, 1.82) is 0 Å². The summed E-state index contributed by atoms with van der Waals surface area (Å²) < 4.78 is 93.1. The summed E-state index contributed by atoms with van der Waals surface area (Å²) in [5, 5.41) is 3.47. The first-order valence-electron chi connectivity index (χ1n) is 38.8. The molecule has 18 rings (SSSR count). The minimum atomic E-state index is -0.537. The molecule has 0 saturated heterocycles. The number of fused-ring (bicyclic) bond motifs is 13. The summed E-state index contributed by atoms with van der Waals surface area (Å²) in [7, 11) is 0. The number of hydrogen-bond donors (Lipinski definition) is 0. The SMILES string of the molecule is [2H]c1c([2H])c([2H])c2c(c1[2H])c1c([2H])c([2H])c([2H])c([2H])c1n2-c1cc2c3c(c1)N(c1cc(-c4ccccc4)cc4oc5ccccc5c14)c1cc(-c4cc(C(C)(C)C)cc(C(C)(C)C)c4)ccc1B3c1cc(-c3cc(C(C)(C)C)cc(C(C)(C)C)c3)ccc1N2c1cc(-c2ccccc2)cc2oc3ccccc3c12. The number of aromatic nitrogens is 1. The second kappa shape index (κ2) is 22.2. The van der Waals surface area contributed by atoms with E-state index in [4.69, 9.17) is 8.83 Å². The Morgan fingerprint density at radius 2 is 0.700 bits per heavy atom. The van der Waals surface area contributed by atoms with Gasteiger partial charge in [0.25, 0.3) is 6.71 Å². The highest BCUT2D eigenvalue weighted by atomic mass is 16.3. The molecule has 3 aromatic heterocycles. The molecule has 16 aromatic rings. The van der Waals surface area contributed by atoms with Crippen molar-refractivity contribution < 1.29 is 19.8 Å². The molecule has 5 nitrogen and oxygen atoms in total. The van der Waals surface area contributed by atoms with Gasteiger partial charge in [-0.2, -0.15) is 0 Å². The summed E-state index contributed by atoms with van der Waals surface area (Å²) >= 11 is 0. The van der Waals surface area contributed by atoms with Gasteiger partial charge >= 0.3 is 0 Å². The zero-order chi connectivity index (χ0) is 75.4. The van der Waals surface area contributed by atoms with Crippen LogP contribution in [0.15, 0.2) is 276 Å². The maximum Gasteiger partial charge on any atom is 0.252 e. The van der Waals surface area contributed by atoms with Gasteiger partial charge in [0.15, 0.2) is 0 Å². The van der Waals surface area contributed by atoms with Crippen molar-refractivity contribution in [3.63, 3.8) is 0 Å². The van der Waals surface area contributed by atoms with Gasteiger partial charge in [0.05, 0.1) is 49.8 Å². The maximum absolute atomic E-state index is 10.1. The maximum atomic E-state index is 10.1. The molecule has 486 valence electrons. The van der Waals surface area contributed by atoms with Crippen LogP contribution in [0, 0.1) is 0 Å². The summed E-state index contributed by atoms with van der Waals surface area (Å²) in [6.07, 6.45) is 0. The zero-order valence-corrected chi connectivity index (χ0v) is 58.5. The van der Waals surface area contributed by atoms with Gasteiger partial charge in [-0.1, -0.05) is 277 Å². The van der Waals surface area contributed by atoms with Crippen LogP contribution in [0.1, 0.15) is 116 Å². The molecule has 13 aromatic carbocycles. The number of hydrogen-bond acceptors (Lipinski definition) is 4. The van der Waals surface area contributed by atoms with Crippen LogP contribution in [-0.2, 0) is 21.7 Å². The second-order valence-corrected chi connectivity index (χ2v) is 31.6. The van der Waals surface area contributed by atoms with E-state index in [0.717, 1.165) is 105 Å². The van der Waals surface area contributed by atoms with Gasteiger partial charge in [-0.25, -0.2) is 0 Å². The van der Waals surface area contributed by atoms with Gasteiger partial charge < -0.3 is 23.2 Å². The third kappa shape index (κ3) is 9.88. The van der Waals surface area contributed by atoms with Crippen LogP contribution in [0.3, 0.4) is 0 Å². The third-order valence-corrected chi connectivity index (χ3v) is 21.0. The van der Waals surface area contributed by atoms with Gasteiger partial charge in [0.1, 0.15) is 22.3 Å². The molecule has 0 fully saturated rings. The minimum absolute atomic E-state index is 0.00762. The van der Waals surface area contributed by atoms with Crippen LogP contribution in [0.4, 0.5) is 34.1 Å². The molecular formula is C94H80BN3O2. The number of furan rings is 2. The van der Waals surface area contributed by atoms with E-state index in [9.17, 15) is 11.0 Å². The van der Waals surface area contributed by atoms with Crippen molar-refractivity contribution in [2.45, 2.75) is 105 Å². The Balaban J connectivity index is 1.08. The topological polar surface area (TPSA) is 37.7 Å². The van der Waals surface area contributed by atoms with Crippen LogP contribution in [0.25, 0.3) is 116 Å². The number of rotatable bonds is 7. The van der Waals surface area contributed by atoms with Crippen LogP contribution < -0.4 is 26.2 Å². The average molecular weight is 1300 g/mol. The molecule has 2 aliphatic rings. The van der Waals surface area contributed by atoms with E-state index in [0.29, 0.717) is 39.4 Å². The largest absolute Gasteiger partial charge is 0.456 e. The van der Waals surface area contributed by atoms with E-state index in [-0.39, 0.29) is 43.5 Å². The average Bonchev–Trinajstić information content (AvgIpc) is 1.14. The predicted octanol–water partition coefficient (Wildman–Crippen LogP) is 24.5. The lowest BCUT2D eigenvalue weighted by Crippen LogP contribution is -2.61. The minimum Gasteiger partial charge on any atom is -0.456 e. The highest BCUT2D eigenvalue weighted by molar-refractivity contribution is 7.00. The predicted molar refractivity (Wildman–Crippen MR) is 426 cm³/mol. The standard InChI is InChI=1S/C94H80BN3O2/c1-91(2,3)65-43-61(44-66(53-65)92(4,5)6)59-40-42-78-75(47-59)95-74-41-39-60(62-45-67(93(7,8)9)54-68(46-62)94(10,11)12)48-79(74)98(81-50-64(58-29-17-14-18-30-58)52-87-89(81)73-34-22-26-38-85(73)100-87)83-56-69(96-76-35-23-19-31-70(76)71-32-20-24-36-77(71)96)55-82(90(83)95)97(78)80-49-63(57-27-15-13-16-28-57)51-86-88(80)72-33-21-25-37-84(72)99-86/h13-56H,1-12H3/i19D,20D,23D,24D,31D,32D,35D,36D. The van der Waals surface area contributed by atoms with E-state index in [1.165, 1.54) is 22.3 Å². The Morgan fingerprint density at radius 3 is 1.17 bits per heavy atom. The molecule has 0 aliphatic carbocycles. The van der Waals surface area contributed by atoms with Gasteiger partial charge in [-0.15, -0.1) is 0 Å². The van der Waals surface area contributed by atoms with E-state index in [1.54, 1.807) is 4.57 Å². The summed E-state index contributed by atoms with van der Waals surface area (Å²) in [6, 6.07) is 74.4. The molecule has 0 N–H and O–H groups in total. The van der Waals surface area contributed by atoms with Crippen LogP contribution in [0.5, 0.6) is 0 Å². The molecular weight excluding hydrogens is 1210 g/mol. The third-order valence-electron chi connectivity index (χ3n) is 21.0. The van der Waals surface area contributed by atoms with Crippen molar-refractivity contribution in [3.8, 4) is 50.2 Å². The fraction of sp³-hybridized carbons (Fsp3) is 0.170. The summed E-state index contributed by atoms with van der Waals surface area (Å²) in [4.78, 5) is 4.76. The van der Waals surface area contributed by atoms with E-state index < -0.39 is 55.1 Å². The molecule has 100 heavy (non-hydrogen) atoms. The molecule has 0 saturated carbocycles. The fourth-order valence-corrected chi connectivity index (χ4v) is 15.6. The lowest BCUT2D eigenvalue weighted by atomic mass is 9.33. The molecule has 0 atom stereocenters. The molecule has 0 radical (unpaired) electrons. The zero-order valence-electron chi connectivity index (χ0n) is 66.5. The normalized spacial score (nSPS) is 14.5. The van der Waals surface area contributed by atoms with E-state index in [2.05, 4.69) is 238 Å². The molecule has 5 heterocycles. The van der Waals surface area contributed by atoms with Gasteiger partial charge in [-0.05, 0) is 178 Å². The number of anilines is 6. The van der Waals surface area contributed by atoms with Crippen molar-refractivity contribution in [3.05, 3.63) is 289 Å². The molecule has 6 heteroatoms. The van der Waals surface area contributed by atoms with Gasteiger partial charge in [0, 0.05) is 44.3 Å². The Hall–Kier alpha value is -11.1. The summed E-state index contributed by atoms with van der Waals surface area (Å²) in [5.41, 5.74) is 22.8. The lowest BCUT2D eigenvalue weighted by molar-refractivity contribution is 0.568. The Kier molecular flexibility index (Phi) is 11.8. The lowest BCUT2D eigenvalue weighted by Gasteiger charge is -2.45. The number of benzene rings is 13. The summed E-state index contributed by atoms with van der Waals surface area (Å²) in [5.74, 6) is 0. The van der Waals surface area contributed by atoms with Crippen molar-refractivity contribution in [1.82, 2.24) is 4.57 Å².